The number of aryl methyl sites for hydroxylation is 2. The van der Waals surface area contributed by atoms with Gasteiger partial charge in [-0.15, -0.1) is 0 Å². The van der Waals surface area contributed by atoms with Crippen molar-refractivity contribution < 1.29 is 14.4 Å². The molecular weight excluding hydrogens is 388 g/mol. The Bertz CT molecular complexity index is 1060. The van der Waals surface area contributed by atoms with Crippen molar-refractivity contribution in [3.63, 3.8) is 0 Å². The Balaban J connectivity index is 2.10. The fourth-order valence-corrected chi connectivity index (χ4v) is 3.27. The number of ether oxygens (including phenoxy) is 1. The number of para-hydroxylation sites is 1. The molecule has 0 spiro atoms. The first-order valence-electron chi connectivity index (χ1n) is 9.17. The highest BCUT2D eigenvalue weighted by Gasteiger charge is 2.18. The lowest BCUT2D eigenvalue weighted by Crippen LogP contribution is -2.26. The minimum Gasteiger partial charge on any atom is -0.496 e. The Morgan fingerprint density at radius 1 is 1.14 bits per heavy atom. The highest BCUT2D eigenvalue weighted by Crippen LogP contribution is 2.30. The molecule has 152 valence electrons. The number of amides is 1. The van der Waals surface area contributed by atoms with Crippen LogP contribution in [-0.4, -0.2) is 46.6 Å². The summed E-state index contributed by atoms with van der Waals surface area (Å²) in [6, 6.07) is 15.7. The van der Waals surface area contributed by atoms with E-state index in [0.29, 0.717) is 22.9 Å². The highest BCUT2D eigenvalue weighted by atomic mass is 32.1. The van der Waals surface area contributed by atoms with Gasteiger partial charge in [0.1, 0.15) is 5.75 Å². The molecule has 29 heavy (non-hydrogen) atoms. The molecule has 0 N–H and O–H groups in total. The van der Waals surface area contributed by atoms with E-state index in [1.807, 2.05) is 60.0 Å². The van der Waals surface area contributed by atoms with Crippen molar-refractivity contribution in [3.8, 4) is 22.8 Å². The van der Waals surface area contributed by atoms with Crippen LogP contribution in [0.15, 0.2) is 48.5 Å². The quantitative estimate of drug-likeness (QED) is 0.436. The number of carbonyl (C=O) groups excluding carboxylic acids is 1. The number of nitrogens with zero attached hydrogens (tertiary/aromatic N) is 4. The van der Waals surface area contributed by atoms with E-state index in [1.165, 1.54) is 12.2 Å². The van der Waals surface area contributed by atoms with Gasteiger partial charge in [-0.1, -0.05) is 29.8 Å². The molecule has 2 aromatic carbocycles. The maximum atomic E-state index is 12.1. The first-order chi connectivity index (χ1) is 14.0. The second-order valence-electron chi connectivity index (χ2n) is 6.52. The predicted molar refractivity (Wildman–Crippen MR) is 114 cm³/mol. The summed E-state index contributed by atoms with van der Waals surface area (Å²) in [5.74, 6) is 1.20. The molecule has 0 unspecified atom stereocenters. The van der Waals surface area contributed by atoms with Gasteiger partial charge in [-0.05, 0) is 43.4 Å². The van der Waals surface area contributed by atoms with Gasteiger partial charge < -0.3 is 4.74 Å². The second kappa shape index (κ2) is 9.02. The average molecular weight is 413 g/mol. The monoisotopic (exact) mass is 412 g/mol. The molecule has 0 atom stereocenters. The topological polar surface area (TPSA) is 61.5 Å². The number of aromatic nitrogens is 3. The van der Waals surface area contributed by atoms with E-state index in [4.69, 9.17) is 26.9 Å². The third kappa shape index (κ3) is 4.38. The van der Waals surface area contributed by atoms with Crippen molar-refractivity contribution in [1.82, 2.24) is 19.4 Å². The van der Waals surface area contributed by atoms with Crippen LogP contribution < -0.4 is 4.74 Å². The molecule has 3 aromatic rings. The van der Waals surface area contributed by atoms with Gasteiger partial charge in [-0.25, -0.2) is 9.75 Å². The molecule has 0 aliphatic heterocycles. The summed E-state index contributed by atoms with van der Waals surface area (Å²) in [5, 5.41) is 5.92. The van der Waals surface area contributed by atoms with Crippen LogP contribution in [0.5, 0.6) is 5.75 Å². The van der Waals surface area contributed by atoms with Crippen LogP contribution in [0.2, 0.25) is 0 Å². The molecule has 1 heterocycles. The molecule has 3 rings (SSSR count). The molecule has 1 aromatic heterocycles. The van der Waals surface area contributed by atoms with E-state index < -0.39 is 0 Å². The number of benzene rings is 2. The minimum atomic E-state index is -0.155. The molecule has 8 heteroatoms. The Morgan fingerprint density at radius 3 is 2.48 bits per heavy atom. The van der Waals surface area contributed by atoms with Gasteiger partial charge in [-0.3, -0.25) is 14.2 Å². The fourth-order valence-electron chi connectivity index (χ4n) is 2.94. The van der Waals surface area contributed by atoms with Crippen molar-refractivity contribution >= 4 is 18.1 Å². The molecule has 0 aliphatic rings. The van der Waals surface area contributed by atoms with E-state index in [2.05, 4.69) is 0 Å². The van der Waals surface area contributed by atoms with E-state index >= 15 is 0 Å². The molecule has 0 saturated carbocycles. The van der Waals surface area contributed by atoms with Crippen LogP contribution in [0.25, 0.3) is 17.1 Å². The first-order valence-corrected chi connectivity index (χ1v) is 9.58. The van der Waals surface area contributed by atoms with Crippen LogP contribution in [0.4, 0.5) is 0 Å². The molecular formula is C21H24N4O3S. The lowest BCUT2D eigenvalue weighted by atomic mass is 10.1. The van der Waals surface area contributed by atoms with Gasteiger partial charge in [0.15, 0.2) is 5.82 Å². The number of methoxy groups -OCH3 is 1. The lowest BCUT2D eigenvalue weighted by Gasteiger charge is -2.13. The van der Waals surface area contributed by atoms with Gasteiger partial charge >= 0.3 is 0 Å². The highest BCUT2D eigenvalue weighted by molar-refractivity contribution is 7.71. The van der Waals surface area contributed by atoms with Gasteiger partial charge in [0.25, 0.3) is 0 Å². The van der Waals surface area contributed by atoms with Crippen molar-refractivity contribution in [2.24, 2.45) is 0 Å². The maximum absolute atomic E-state index is 12.1. The minimum absolute atomic E-state index is 0.155. The third-order valence-electron chi connectivity index (χ3n) is 4.64. The molecule has 0 radical (unpaired) electrons. The van der Waals surface area contributed by atoms with E-state index in [0.717, 1.165) is 16.8 Å². The maximum Gasteiger partial charge on any atom is 0.247 e. The smallest absolute Gasteiger partial charge is 0.247 e. The molecule has 1 amide bonds. The van der Waals surface area contributed by atoms with Crippen LogP contribution in [0, 0.1) is 11.7 Å². The SMILES string of the molecule is COc1ccccc1-c1nn(CCC(=O)N(C)OC)c(=S)n1-c1ccc(C)cc1. The van der Waals surface area contributed by atoms with Crippen molar-refractivity contribution in [3.05, 3.63) is 58.9 Å². The summed E-state index contributed by atoms with van der Waals surface area (Å²) in [4.78, 5) is 17.1. The van der Waals surface area contributed by atoms with E-state index in [1.54, 1.807) is 18.8 Å². The third-order valence-corrected chi connectivity index (χ3v) is 5.04. The molecule has 0 aliphatic carbocycles. The Kier molecular flexibility index (Phi) is 6.46. The Morgan fingerprint density at radius 2 is 1.83 bits per heavy atom. The lowest BCUT2D eigenvalue weighted by molar-refractivity contribution is -0.168. The van der Waals surface area contributed by atoms with Gasteiger partial charge in [0.05, 0.1) is 26.3 Å². The summed E-state index contributed by atoms with van der Waals surface area (Å²) in [5.41, 5.74) is 2.87. The van der Waals surface area contributed by atoms with Crippen LogP contribution in [0.3, 0.4) is 0 Å². The van der Waals surface area contributed by atoms with Gasteiger partial charge in [0, 0.05) is 19.2 Å². The average Bonchev–Trinajstić information content (AvgIpc) is 3.07. The number of hydrogen-bond donors (Lipinski definition) is 0. The molecule has 0 bridgehead atoms. The van der Waals surface area contributed by atoms with E-state index in [-0.39, 0.29) is 12.3 Å². The Labute approximate surface area is 175 Å². The second-order valence-corrected chi connectivity index (χ2v) is 6.89. The summed E-state index contributed by atoms with van der Waals surface area (Å²) in [6.07, 6.45) is 0.217. The van der Waals surface area contributed by atoms with Crippen molar-refractivity contribution in [2.45, 2.75) is 19.9 Å². The summed E-state index contributed by atoms with van der Waals surface area (Å²) >= 11 is 5.72. The van der Waals surface area contributed by atoms with Crippen LogP contribution in [-0.2, 0) is 16.2 Å². The standard InChI is InChI=1S/C21H24N4O3S/c1-15-9-11-16(12-10-15)25-20(17-7-5-6-8-18(17)27-3)22-24(21(25)29)14-13-19(26)23(2)28-4/h5-12H,13-14H2,1-4H3. The zero-order valence-electron chi connectivity index (χ0n) is 17.0. The first kappa shape index (κ1) is 20.8. The normalized spacial score (nSPS) is 10.8. The zero-order chi connectivity index (χ0) is 21.0. The zero-order valence-corrected chi connectivity index (χ0v) is 17.8. The molecule has 0 fully saturated rings. The van der Waals surface area contributed by atoms with Crippen LogP contribution >= 0.6 is 12.2 Å². The van der Waals surface area contributed by atoms with Gasteiger partial charge in [-0.2, -0.15) is 5.10 Å². The summed E-state index contributed by atoms with van der Waals surface area (Å²) in [6.45, 7) is 2.37. The number of rotatable bonds is 7. The molecule has 7 nitrogen and oxygen atoms in total. The van der Waals surface area contributed by atoms with Crippen molar-refractivity contribution in [2.75, 3.05) is 21.3 Å². The number of hydroxylamine groups is 2. The van der Waals surface area contributed by atoms with Crippen LogP contribution in [0.1, 0.15) is 12.0 Å². The largest absolute Gasteiger partial charge is 0.496 e. The Hall–Kier alpha value is -2.97. The predicted octanol–water partition coefficient (Wildman–Crippen LogP) is 3.80. The summed E-state index contributed by atoms with van der Waals surface area (Å²) < 4.78 is 9.60. The van der Waals surface area contributed by atoms with E-state index in [9.17, 15) is 4.79 Å². The van der Waals surface area contributed by atoms with Gasteiger partial charge in [0.2, 0.25) is 10.7 Å². The summed E-state index contributed by atoms with van der Waals surface area (Å²) in [7, 11) is 4.65. The fraction of sp³-hybridized carbons (Fsp3) is 0.286. The number of carbonyl (C=O) groups is 1. The molecule has 0 saturated heterocycles. The van der Waals surface area contributed by atoms with Crippen molar-refractivity contribution in [1.29, 1.82) is 0 Å². The number of hydrogen-bond acceptors (Lipinski definition) is 5.